The Bertz CT molecular complexity index is 730. The fourth-order valence-electron chi connectivity index (χ4n) is 2.85. The van der Waals surface area contributed by atoms with Gasteiger partial charge in [0, 0.05) is 24.8 Å². The molecule has 2 aromatic rings. The number of carbonyl (C=O) groups is 2. The maximum atomic E-state index is 12.8. The Morgan fingerprint density at radius 2 is 2.12 bits per heavy atom. The number of hydrogen-bond acceptors (Lipinski definition) is 4. The van der Waals surface area contributed by atoms with Crippen molar-refractivity contribution in [3.05, 3.63) is 46.7 Å². The molecule has 0 N–H and O–H groups in total. The predicted octanol–water partition coefficient (Wildman–Crippen LogP) is 3.02. The molecule has 1 saturated heterocycles. The van der Waals surface area contributed by atoms with Crippen molar-refractivity contribution in [3.63, 3.8) is 0 Å². The number of benzene rings is 1. The Kier molecular flexibility index (Phi) is 4.85. The van der Waals surface area contributed by atoms with Crippen LogP contribution in [0, 0.1) is 0 Å². The fraction of sp³-hybridized carbons (Fsp3) is 0.333. The standard InChI is InChI=1S/C18H20N2O3S/c1-3-23-15-7-4-6-14(12-15)20-10-9-19(13(2)17(20)21)18(22)16-8-5-11-24-16/h4-8,11-13H,3,9-10H2,1-2H3. The van der Waals surface area contributed by atoms with E-state index in [2.05, 4.69) is 0 Å². The maximum Gasteiger partial charge on any atom is 0.264 e. The Morgan fingerprint density at radius 1 is 1.29 bits per heavy atom. The molecule has 126 valence electrons. The third-order valence-corrected chi connectivity index (χ3v) is 4.95. The predicted molar refractivity (Wildman–Crippen MR) is 94.8 cm³/mol. The molecular formula is C18H20N2O3S. The van der Waals surface area contributed by atoms with Gasteiger partial charge >= 0.3 is 0 Å². The van der Waals surface area contributed by atoms with E-state index in [4.69, 9.17) is 4.74 Å². The van der Waals surface area contributed by atoms with Gasteiger partial charge in [0.05, 0.1) is 11.5 Å². The van der Waals surface area contributed by atoms with Gasteiger partial charge in [-0.15, -0.1) is 11.3 Å². The summed E-state index contributed by atoms with van der Waals surface area (Å²) in [6.07, 6.45) is 0. The Labute approximate surface area is 145 Å². The summed E-state index contributed by atoms with van der Waals surface area (Å²) in [7, 11) is 0. The second kappa shape index (κ2) is 7.05. The number of nitrogens with zero attached hydrogens (tertiary/aromatic N) is 2. The molecule has 0 radical (unpaired) electrons. The normalized spacial score (nSPS) is 17.9. The molecule has 3 rings (SSSR count). The molecule has 0 bridgehead atoms. The summed E-state index contributed by atoms with van der Waals surface area (Å²) in [5.74, 6) is 0.598. The van der Waals surface area contributed by atoms with Crippen molar-refractivity contribution in [2.24, 2.45) is 0 Å². The summed E-state index contributed by atoms with van der Waals surface area (Å²) in [5.41, 5.74) is 0.807. The zero-order valence-electron chi connectivity index (χ0n) is 13.8. The van der Waals surface area contributed by atoms with Crippen molar-refractivity contribution < 1.29 is 14.3 Å². The van der Waals surface area contributed by atoms with Gasteiger partial charge in [-0.2, -0.15) is 0 Å². The number of piperazine rings is 1. The minimum atomic E-state index is -0.482. The number of thiophene rings is 1. The van der Waals surface area contributed by atoms with Crippen molar-refractivity contribution >= 4 is 28.8 Å². The van der Waals surface area contributed by atoms with Gasteiger partial charge in [-0.05, 0) is 37.4 Å². The van der Waals surface area contributed by atoms with E-state index >= 15 is 0 Å². The summed E-state index contributed by atoms with van der Waals surface area (Å²) in [5, 5.41) is 1.87. The number of amides is 2. The zero-order chi connectivity index (χ0) is 17.1. The highest BCUT2D eigenvalue weighted by Gasteiger charge is 2.35. The first-order valence-corrected chi connectivity index (χ1v) is 8.88. The average molecular weight is 344 g/mol. The molecule has 24 heavy (non-hydrogen) atoms. The van der Waals surface area contributed by atoms with E-state index in [1.54, 1.807) is 22.8 Å². The van der Waals surface area contributed by atoms with Gasteiger partial charge in [0.15, 0.2) is 0 Å². The van der Waals surface area contributed by atoms with Crippen LogP contribution in [-0.4, -0.2) is 42.5 Å². The highest BCUT2D eigenvalue weighted by Crippen LogP contribution is 2.26. The van der Waals surface area contributed by atoms with E-state index in [1.807, 2.05) is 42.6 Å². The van der Waals surface area contributed by atoms with E-state index in [0.717, 1.165) is 11.4 Å². The number of carbonyl (C=O) groups excluding carboxylic acids is 2. The summed E-state index contributed by atoms with van der Waals surface area (Å²) in [6.45, 7) is 5.29. The summed E-state index contributed by atoms with van der Waals surface area (Å²) < 4.78 is 5.51. The molecule has 2 amide bonds. The third-order valence-electron chi connectivity index (χ3n) is 4.09. The Morgan fingerprint density at radius 3 is 2.83 bits per heavy atom. The molecule has 0 aliphatic carbocycles. The molecule has 2 heterocycles. The molecular weight excluding hydrogens is 324 g/mol. The smallest absolute Gasteiger partial charge is 0.264 e. The minimum absolute atomic E-state index is 0.0696. The lowest BCUT2D eigenvalue weighted by atomic mass is 10.1. The van der Waals surface area contributed by atoms with Gasteiger partial charge in [-0.25, -0.2) is 0 Å². The largest absolute Gasteiger partial charge is 0.494 e. The van der Waals surface area contributed by atoms with Crippen molar-refractivity contribution in [1.29, 1.82) is 0 Å². The van der Waals surface area contributed by atoms with Crippen LogP contribution in [0.1, 0.15) is 23.5 Å². The first-order chi connectivity index (χ1) is 11.6. The molecule has 1 aromatic heterocycles. The van der Waals surface area contributed by atoms with Crippen molar-refractivity contribution in [3.8, 4) is 5.75 Å². The molecule has 0 spiro atoms. The number of hydrogen-bond donors (Lipinski definition) is 0. The van der Waals surface area contributed by atoms with Crippen LogP contribution in [0.25, 0.3) is 0 Å². The lowest BCUT2D eigenvalue weighted by Crippen LogP contribution is -2.57. The molecule has 1 fully saturated rings. The topological polar surface area (TPSA) is 49.9 Å². The fourth-order valence-corrected chi connectivity index (χ4v) is 3.53. The van der Waals surface area contributed by atoms with Crippen molar-refractivity contribution in [2.75, 3.05) is 24.6 Å². The van der Waals surface area contributed by atoms with E-state index < -0.39 is 6.04 Å². The van der Waals surface area contributed by atoms with Gasteiger partial charge < -0.3 is 14.5 Å². The lowest BCUT2D eigenvalue weighted by molar-refractivity contribution is -0.124. The van der Waals surface area contributed by atoms with Gasteiger partial charge in [0.2, 0.25) is 5.91 Å². The molecule has 6 heteroatoms. The van der Waals surface area contributed by atoms with Crippen LogP contribution in [0.4, 0.5) is 5.69 Å². The minimum Gasteiger partial charge on any atom is -0.494 e. The van der Waals surface area contributed by atoms with Gasteiger partial charge in [0.25, 0.3) is 5.91 Å². The second-order valence-electron chi connectivity index (χ2n) is 5.57. The zero-order valence-corrected chi connectivity index (χ0v) is 14.6. The molecule has 5 nitrogen and oxygen atoms in total. The van der Waals surface area contributed by atoms with E-state index in [0.29, 0.717) is 24.6 Å². The van der Waals surface area contributed by atoms with Crippen LogP contribution < -0.4 is 9.64 Å². The molecule has 1 unspecified atom stereocenters. The Hall–Kier alpha value is -2.34. The van der Waals surface area contributed by atoms with Gasteiger partial charge in [-0.1, -0.05) is 12.1 Å². The molecule has 1 aliphatic heterocycles. The first-order valence-electron chi connectivity index (χ1n) is 8.00. The van der Waals surface area contributed by atoms with E-state index in [9.17, 15) is 9.59 Å². The lowest BCUT2D eigenvalue weighted by Gasteiger charge is -2.39. The Balaban J connectivity index is 1.77. The average Bonchev–Trinajstić information content (AvgIpc) is 3.12. The summed E-state index contributed by atoms with van der Waals surface area (Å²) in [4.78, 5) is 29.4. The van der Waals surface area contributed by atoms with Crippen LogP contribution in [0.5, 0.6) is 5.75 Å². The highest BCUT2D eigenvalue weighted by molar-refractivity contribution is 7.12. The molecule has 1 aromatic carbocycles. The van der Waals surface area contributed by atoms with Crippen LogP contribution >= 0.6 is 11.3 Å². The van der Waals surface area contributed by atoms with Gasteiger partial charge in [0.1, 0.15) is 11.8 Å². The van der Waals surface area contributed by atoms with Crippen LogP contribution in [0.2, 0.25) is 0 Å². The highest BCUT2D eigenvalue weighted by atomic mass is 32.1. The monoisotopic (exact) mass is 344 g/mol. The van der Waals surface area contributed by atoms with Crippen LogP contribution in [0.15, 0.2) is 41.8 Å². The number of anilines is 1. The number of rotatable bonds is 4. The molecule has 1 atom stereocenters. The second-order valence-corrected chi connectivity index (χ2v) is 6.52. The summed E-state index contributed by atoms with van der Waals surface area (Å²) >= 11 is 1.40. The maximum absolute atomic E-state index is 12.8. The van der Waals surface area contributed by atoms with Crippen molar-refractivity contribution in [2.45, 2.75) is 19.9 Å². The quantitative estimate of drug-likeness (QED) is 0.857. The van der Waals surface area contributed by atoms with Crippen LogP contribution in [-0.2, 0) is 4.79 Å². The molecule has 0 saturated carbocycles. The van der Waals surface area contributed by atoms with E-state index in [-0.39, 0.29) is 11.8 Å². The molecule has 1 aliphatic rings. The van der Waals surface area contributed by atoms with E-state index in [1.165, 1.54) is 11.3 Å². The third kappa shape index (κ3) is 3.14. The van der Waals surface area contributed by atoms with Crippen LogP contribution in [0.3, 0.4) is 0 Å². The summed E-state index contributed by atoms with van der Waals surface area (Å²) in [6, 6.07) is 10.7. The SMILES string of the molecule is CCOc1cccc(N2CCN(C(=O)c3cccs3)C(C)C2=O)c1. The van der Waals surface area contributed by atoms with Gasteiger partial charge in [-0.3, -0.25) is 9.59 Å². The number of ether oxygens (including phenoxy) is 1. The van der Waals surface area contributed by atoms with Crippen molar-refractivity contribution in [1.82, 2.24) is 4.90 Å². The first kappa shape index (κ1) is 16.5.